The Morgan fingerprint density at radius 1 is 1.00 bits per heavy atom. The first kappa shape index (κ1) is 25.6. The molecule has 0 amide bonds. The zero-order valence-corrected chi connectivity index (χ0v) is 21.7. The van der Waals surface area contributed by atoms with Crippen LogP contribution in [0.15, 0.2) is 95.0 Å². The van der Waals surface area contributed by atoms with Gasteiger partial charge in [-0.2, -0.15) is 0 Å². The van der Waals surface area contributed by atoms with Gasteiger partial charge in [0.05, 0.1) is 24.2 Å². The molecule has 0 saturated carbocycles. The largest absolute Gasteiger partial charge is 0.459 e. The van der Waals surface area contributed by atoms with E-state index in [4.69, 9.17) is 11.3 Å². The van der Waals surface area contributed by atoms with Gasteiger partial charge in [-0.25, -0.2) is 14.5 Å². The van der Waals surface area contributed by atoms with E-state index in [9.17, 15) is 9.59 Å². The number of nitrogens with zero attached hydrogens (tertiary/aromatic N) is 5. The number of thioether (sulfide) groups is 1. The molecule has 2 aromatic heterocycles. The topological polar surface area (TPSA) is 107 Å². The van der Waals surface area contributed by atoms with Gasteiger partial charge in [-0.05, 0) is 34.4 Å². The molecule has 0 bridgehead atoms. The SMILES string of the molecule is [C-]#[N+]c1c(-c2ccc(-c3ccccc3)cc2)nc(SCc2ccc(-n3cc(COC(C)=O)nn3)cc2)[nH]c1=O. The predicted octanol–water partition coefficient (Wildman–Crippen LogP) is 5.59. The van der Waals surface area contributed by atoms with Crippen molar-refractivity contribution < 1.29 is 9.53 Å². The summed E-state index contributed by atoms with van der Waals surface area (Å²) in [5, 5.41) is 8.51. The van der Waals surface area contributed by atoms with Crippen molar-refractivity contribution in [1.82, 2.24) is 25.0 Å². The summed E-state index contributed by atoms with van der Waals surface area (Å²) >= 11 is 1.38. The smallest absolute Gasteiger partial charge is 0.303 e. The molecule has 0 aliphatic carbocycles. The lowest BCUT2D eigenvalue weighted by molar-refractivity contribution is -0.142. The Morgan fingerprint density at radius 3 is 2.38 bits per heavy atom. The molecule has 0 aliphatic heterocycles. The molecule has 2 heterocycles. The maximum Gasteiger partial charge on any atom is 0.303 e. The summed E-state index contributed by atoms with van der Waals surface area (Å²) in [4.78, 5) is 34.5. The van der Waals surface area contributed by atoms with Crippen LogP contribution in [0.4, 0.5) is 5.69 Å². The Balaban J connectivity index is 1.30. The monoisotopic (exact) mass is 534 g/mol. The van der Waals surface area contributed by atoms with Gasteiger partial charge in [-0.3, -0.25) is 9.59 Å². The average molecular weight is 535 g/mol. The van der Waals surface area contributed by atoms with Crippen molar-refractivity contribution in [1.29, 1.82) is 0 Å². The normalized spacial score (nSPS) is 10.7. The number of carbonyl (C=O) groups is 1. The van der Waals surface area contributed by atoms with Crippen LogP contribution in [-0.4, -0.2) is 30.9 Å². The summed E-state index contributed by atoms with van der Waals surface area (Å²) in [6.07, 6.45) is 1.70. The van der Waals surface area contributed by atoms with Gasteiger partial charge in [-0.15, -0.1) is 5.10 Å². The average Bonchev–Trinajstić information content (AvgIpc) is 3.45. The molecular weight excluding hydrogens is 512 g/mol. The van der Waals surface area contributed by atoms with Crippen molar-refractivity contribution in [3.8, 4) is 28.1 Å². The first-order valence-corrected chi connectivity index (χ1v) is 12.9. The van der Waals surface area contributed by atoms with Crippen LogP contribution in [0.25, 0.3) is 32.9 Å². The molecule has 10 heteroatoms. The minimum atomic E-state index is -0.462. The summed E-state index contributed by atoms with van der Waals surface area (Å²) in [5.41, 5.74) is 5.07. The predicted molar refractivity (Wildman–Crippen MR) is 148 cm³/mol. The number of hydrogen-bond donors (Lipinski definition) is 1. The Hall–Kier alpha value is -5.01. The van der Waals surface area contributed by atoms with Gasteiger partial charge in [0.2, 0.25) is 0 Å². The van der Waals surface area contributed by atoms with Crippen molar-refractivity contribution in [2.24, 2.45) is 0 Å². The van der Waals surface area contributed by atoms with E-state index in [1.165, 1.54) is 18.7 Å². The van der Waals surface area contributed by atoms with Gasteiger partial charge in [0, 0.05) is 12.7 Å². The Morgan fingerprint density at radius 2 is 1.69 bits per heavy atom. The second kappa shape index (κ2) is 11.6. The van der Waals surface area contributed by atoms with Crippen LogP contribution in [0.5, 0.6) is 0 Å². The zero-order chi connectivity index (χ0) is 27.2. The Bertz CT molecular complexity index is 1710. The summed E-state index contributed by atoms with van der Waals surface area (Å²) in [5.74, 6) is 0.182. The highest BCUT2D eigenvalue weighted by Gasteiger charge is 2.15. The molecule has 9 nitrogen and oxygen atoms in total. The standard InChI is InChI=1S/C29H22N6O3S/c1-19(36)38-17-24-16-35(34-33-24)25-14-8-20(9-15-25)18-39-29-31-26(27(30-2)28(37)32-29)23-12-10-22(11-13-23)21-6-4-3-5-7-21/h3-16H,17-18H2,1H3,(H,31,32,37). The molecule has 3 aromatic carbocycles. The van der Waals surface area contributed by atoms with Gasteiger partial charge >= 0.3 is 5.97 Å². The molecule has 0 saturated heterocycles. The van der Waals surface area contributed by atoms with E-state index in [-0.39, 0.29) is 18.3 Å². The highest BCUT2D eigenvalue weighted by Crippen LogP contribution is 2.30. The second-order valence-corrected chi connectivity index (χ2v) is 9.48. The Kier molecular flexibility index (Phi) is 7.61. The van der Waals surface area contributed by atoms with Gasteiger partial charge in [0.25, 0.3) is 11.2 Å². The molecule has 0 atom stereocenters. The molecular formula is C29H22N6O3S. The van der Waals surface area contributed by atoms with Crippen LogP contribution in [0.3, 0.4) is 0 Å². The van der Waals surface area contributed by atoms with Crippen molar-refractivity contribution in [3.63, 3.8) is 0 Å². The molecule has 0 aliphatic rings. The van der Waals surface area contributed by atoms with E-state index < -0.39 is 5.56 Å². The first-order valence-electron chi connectivity index (χ1n) is 11.9. The molecule has 1 N–H and O–H groups in total. The molecule has 192 valence electrons. The third kappa shape index (κ3) is 6.11. The Labute approximate surface area is 228 Å². The van der Waals surface area contributed by atoms with Gasteiger partial charge in [0.15, 0.2) is 5.16 Å². The van der Waals surface area contributed by atoms with Crippen molar-refractivity contribution >= 4 is 23.4 Å². The van der Waals surface area contributed by atoms with Gasteiger partial charge in [0.1, 0.15) is 12.3 Å². The van der Waals surface area contributed by atoms with Crippen LogP contribution in [-0.2, 0) is 21.9 Å². The minimum Gasteiger partial charge on any atom is -0.459 e. The molecule has 0 fully saturated rings. The van der Waals surface area contributed by atoms with Crippen LogP contribution in [0, 0.1) is 6.57 Å². The number of H-pyrrole nitrogens is 1. The first-order chi connectivity index (χ1) is 19.0. The highest BCUT2D eigenvalue weighted by molar-refractivity contribution is 7.98. The summed E-state index contributed by atoms with van der Waals surface area (Å²) in [7, 11) is 0. The summed E-state index contributed by atoms with van der Waals surface area (Å²) in [6.45, 7) is 8.93. The third-order valence-corrected chi connectivity index (χ3v) is 6.74. The number of hydrogen-bond acceptors (Lipinski definition) is 7. The van der Waals surface area contributed by atoms with Crippen LogP contribution in [0.1, 0.15) is 18.2 Å². The number of esters is 1. The third-order valence-electron chi connectivity index (χ3n) is 5.79. The molecule has 5 aromatic rings. The minimum absolute atomic E-state index is 0.0305. The molecule has 0 unspecified atom stereocenters. The zero-order valence-electron chi connectivity index (χ0n) is 20.9. The van der Waals surface area contributed by atoms with E-state index >= 15 is 0 Å². The number of nitrogens with one attached hydrogen (secondary N) is 1. The quantitative estimate of drug-likeness (QED) is 0.120. The number of rotatable bonds is 8. The molecule has 39 heavy (non-hydrogen) atoms. The number of aromatic amines is 1. The lowest BCUT2D eigenvalue weighted by atomic mass is 10.0. The summed E-state index contributed by atoms with van der Waals surface area (Å²) < 4.78 is 6.55. The maximum absolute atomic E-state index is 12.7. The molecule has 0 spiro atoms. The van der Waals surface area contributed by atoms with Crippen molar-refractivity contribution in [3.05, 3.63) is 118 Å². The maximum atomic E-state index is 12.7. The number of aromatic nitrogens is 5. The van der Waals surface area contributed by atoms with E-state index in [1.807, 2.05) is 78.9 Å². The van der Waals surface area contributed by atoms with Crippen LogP contribution >= 0.6 is 11.8 Å². The molecule has 5 rings (SSSR count). The summed E-state index contributed by atoms with van der Waals surface area (Å²) in [6, 6.07) is 25.4. The van der Waals surface area contributed by atoms with E-state index in [2.05, 4.69) is 25.1 Å². The van der Waals surface area contributed by atoms with Crippen LogP contribution < -0.4 is 5.56 Å². The van der Waals surface area contributed by atoms with Crippen LogP contribution in [0.2, 0.25) is 0 Å². The van der Waals surface area contributed by atoms with Crippen molar-refractivity contribution in [2.45, 2.75) is 24.4 Å². The second-order valence-electron chi connectivity index (χ2n) is 8.51. The lowest BCUT2D eigenvalue weighted by Crippen LogP contribution is -2.09. The fourth-order valence-corrected chi connectivity index (χ4v) is 4.65. The fourth-order valence-electron chi connectivity index (χ4n) is 3.83. The number of benzene rings is 3. The van der Waals surface area contributed by atoms with Gasteiger partial charge in [-0.1, -0.05) is 83.7 Å². The van der Waals surface area contributed by atoms with E-state index in [0.29, 0.717) is 27.9 Å². The molecule has 0 radical (unpaired) electrons. The van der Waals surface area contributed by atoms with Crippen molar-refractivity contribution in [2.75, 3.05) is 0 Å². The van der Waals surface area contributed by atoms with E-state index in [1.54, 1.807) is 10.9 Å². The van der Waals surface area contributed by atoms with Gasteiger partial charge < -0.3 is 9.72 Å². The fraction of sp³-hybridized carbons (Fsp3) is 0.103. The lowest BCUT2D eigenvalue weighted by Gasteiger charge is -2.09. The highest BCUT2D eigenvalue weighted by atomic mass is 32.2. The van der Waals surface area contributed by atoms with E-state index in [0.717, 1.165) is 22.4 Å². The number of carbonyl (C=O) groups excluding carboxylic acids is 1. The number of ether oxygens (including phenoxy) is 1.